The van der Waals surface area contributed by atoms with E-state index in [1.165, 1.54) is 11.8 Å². The van der Waals surface area contributed by atoms with Crippen LogP contribution in [-0.4, -0.2) is 51.6 Å². The lowest BCUT2D eigenvalue weighted by atomic mass is 10.1. The molecule has 0 radical (unpaired) electrons. The maximum atomic E-state index is 12.2. The van der Waals surface area contributed by atoms with E-state index in [0.29, 0.717) is 5.75 Å². The van der Waals surface area contributed by atoms with Crippen LogP contribution in [0.4, 0.5) is 0 Å². The predicted molar refractivity (Wildman–Crippen MR) is 87.5 cm³/mol. The van der Waals surface area contributed by atoms with Crippen LogP contribution in [0.25, 0.3) is 0 Å². The van der Waals surface area contributed by atoms with Crippen LogP contribution in [0.2, 0.25) is 0 Å². The third kappa shape index (κ3) is 3.07. The first-order valence-electron chi connectivity index (χ1n) is 7.03. The number of nitrogens with zero attached hydrogens (tertiary/aromatic N) is 1. The van der Waals surface area contributed by atoms with Crippen LogP contribution in [0.3, 0.4) is 0 Å². The minimum absolute atomic E-state index is 0.120. The highest BCUT2D eigenvalue weighted by atomic mass is 35.5. The number of carboxylic acids is 1. The Labute approximate surface area is 146 Å². The average molecular weight is 369 g/mol. The largest absolute Gasteiger partial charge is 0.484 e. The number of carboxylic acid groups (broad SMARTS) is 1. The Bertz CT molecular complexity index is 724. The first kappa shape index (κ1) is 16.7. The summed E-state index contributed by atoms with van der Waals surface area (Å²) in [5.74, 6) is -1.37. The SMILES string of the molecule is O=C(COc1ccccc1)NC1C(=O)N2C(C(=O)O)=C(Cl)CS[C@@H]12. The van der Waals surface area contributed by atoms with Crippen molar-refractivity contribution in [3.63, 3.8) is 0 Å². The fraction of sp³-hybridized carbons (Fsp3) is 0.267. The molecule has 2 heterocycles. The van der Waals surface area contributed by atoms with E-state index in [9.17, 15) is 19.5 Å². The topological polar surface area (TPSA) is 95.9 Å². The Hall–Kier alpha value is -2.19. The Morgan fingerprint density at radius 1 is 1.38 bits per heavy atom. The van der Waals surface area contributed by atoms with Crippen molar-refractivity contribution in [3.8, 4) is 5.75 Å². The Morgan fingerprint density at radius 2 is 2.08 bits per heavy atom. The van der Waals surface area contributed by atoms with Gasteiger partial charge in [-0.05, 0) is 12.1 Å². The van der Waals surface area contributed by atoms with Gasteiger partial charge in [-0.15, -0.1) is 11.8 Å². The highest BCUT2D eigenvalue weighted by Crippen LogP contribution is 2.41. The summed E-state index contributed by atoms with van der Waals surface area (Å²) < 4.78 is 5.32. The summed E-state index contributed by atoms with van der Waals surface area (Å²) in [4.78, 5) is 36.5. The lowest BCUT2D eigenvalue weighted by Gasteiger charge is -2.48. The standard InChI is InChI=1S/C15H13ClN2O5S/c16-9-7-24-14-11(13(20)18(14)12(9)15(21)22)17-10(19)6-23-8-4-2-1-3-5-8/h1-5,11,14H,6-7H2,(H,17,19)(H,21,22)/t11?,14-/m0/s1. The zero-order valence-corrected chi connectivity index (χ0v) is 13.8. The van der Waals surface area contributed by atoms with E-state index in [0.717, 1.165) is 4.90 Å². The molecule has 2 atom stereocenters. The number of carbonyl (C=O) groups is 3. The van der Waals surface area contributed by atoms with Gasteiger partial charge in [0.1, 0.15) is 22.9 Å². The number of β-lactam (4-membered cyclic amide) rings is 1. The van der Waals surface area contributed by atoms with Crippen molar-refractivity contribution < 1.29 is 24.2 Å². The molecule has 1 aromatic carbocycles. The van der Waals surface area contributed by atoms with Crippen molar-refractivity contribution in [2.75, 3.05) is 12.4 Å². The molecule has 7 nitrogen and oxygen atoms in total. The van der Waals surface area contributed by atoms with E-state index in [1.807, 2.05) is 6.07 Å². The molecule has 0 aromatic heterocycles. The highest BCUT2D eigenvalue weighted by molar-refractivity contribution is 8.00. The maximum absolute atomic E-state index is 12.2. The number of nitrogens with one attached hydrogen (secondary N) is 1. The molecule has 2 aliphatic rings. The van der Waals surface area contributed by atoms with Crippen LogP contribution in [-0.2, 0) is 14.4 Å². The van der Waals surface area contributed by atoms with Gasteiger partial charge in [0.25, 0.3) is 11.8 Å². The maximum Gasteiger partial charge on any atom is 0.353 e. The molecule has 1 aromatic rings. The summed E-state index contributed by atoms with van der Waals surface area (Å²) in [7, 11) is 0. The number of halogens is 1. The molecule has 0 aliphatic carbocycles. The number of benzene rings is 1. The van der Waals surface area contributed by atoms with Crippen molar-refractivity contribution in [1.82, 2.24) is 10.2 Å². The smallest absolute Gasteiger partial charge is 0.353 e. The quantitative estimate of drug-likeness (QED) is 0.753. The van der Waals surface area contributed by atoms with E-state index < -0.39 is 29.2 Å². The first-order chi connectivity index (χ1) is 11.5. The van der Waals surface area contributed by atoms with Gasteiger partial charge >= 0.3 is 5.97 Å². The molecule has 2 aliphatic heterocycles. The molecule has 1 unspecified atom stereocenters. The number of ether oxygens (including phenoxy) is 1. The number of amides is 2. The van der Waals surface area contributed by atoms with Crippen LogP contribution < -0.4 is 10.1 Å². The zero-order chi connectivity index (χ0) is 17.3. The fourth-order valence-corrected chi connectivity index (χ4v) is 4.01. The summed E-state index contributed by atoms with van der Waals surface area (Å²) in [5.41, 5.74) is -0.212. The van der Waals surface area contributed by atoms with Crippen LogP contribution in [0.15, 0.2) is 41.1 Å². The lowest BCUT2D eigenvalue weighted by Crippen LogP contribution is -2.70. The number of hydrogen-bond acceptors (Lipinski definition) is 5. The van der Waals surface area contributed by atoms with Crippen LogP contribution >= 0.6 is 23.4 Å². The number of rotatable bonds is 5. The highest BCUT2D eigenvalue weighted by Gasteiger charge is 2.54. The summed E-state index contributed by atoms with van der Waals surface area (Å²) >= 11 is 7.19. The number of aliphatic carboxylic acids is 1. The predicted octanol–water partition coefficient (Wildman–Crippen LogP) is 1.00. The van der Waals surface area contributed by atoms with Crippen molar-refractivity contribution in [2.24, 2.45) is 0 Å². The Morgan fingerprint density at radius 3 is 2.75 bits per heavy atom. The first-order valence-corrected chi connectivity index (χ1v) is 8.45. The Kier molecular flexibility index (Phi) is 4.68. The molecule has 0 spiro atoms. The molecule has 1 fully saturated rings. The molecule has 1 saturated heterocycles. The van der Waals surface area contributed by atoms with Gasteiger partial charge in [0.15, 0.2) is 6.61 Å². The third-order valence-corrected chi connectivity index (χ3v) is 5.30. The van der Waals surface area contributed by atoms with Gasteiger partial charge in [0.05, 0.1) is 5.03 Å². The summed E-state index contributed by atoms with van der Waals surface area (Å²) in [6.07, 6.45) is 0. The summed E-state index contributed by atoms with van der Waals surface area (Å²) in [6.45, 7) is -0.229. The second kappa shape index (κ2) is 6.74. The van der Waals surface area contributed by atoms with Gasteiger partial charge in [0, 0.05) is 5.75 Å². The molecule has 126 valence electrons. The van der Waals surface area contributed by atoms with Gasteiger partial charge < -0.3 is 15.2 Å². The van der Waals surface area contributed by atoms with Crippen molar-refractivity contribution in [2.45, 2.75) is 11.4 Å². The monoisotopic (exact) mass is 368 g/mol. The molecule has 0 saturated carbocycles. The number of thioether (sulfide) groups is 1. The van der Waals surface area contributed by atoms with E-state index in [4.69, 9.17) is 16.3 Å². The molecular formula is C15H13ClN2O5S. The summed E-state index contributed by atoms with van der Waals surface area (Å²) in [6, 6.07) is 8.04. The van der Waals surface area contributed by atoms with Gasteiger partial charge in [-0.1, -0.05) is 29.8 Å². The molecule has 9 heteroatoms. The van der Waals surface area contributed by atoms with E-state index in [1.54, 1.807) is 24.3 Å². The van der Waals surface area contributed by atoms with Crippen molar-refractivity contribution in [1.29, 1.82) is 0 Å². The minimum atomic E-state index is -1.25. The molecule has 24 heavy (non-hydrogen) atoms. The van der Waals surface area contributed by atoms with Gasteiger partial charge in [0.2, 0.25) is 0 Å². The van der Waals surface area contributed by atoms with Crippen molar-refractivity contribution in [3.05, 3.63) is 41.1 Å². The number of fused-ring (bicyclic) bond motifs is 1. The second-order valence-corrected chi connectivity index (χ2v) is 6.68. The normalized spacial score (nSPS) is 22.5. The lowest BCUT2D eigenvalue weighted by molar-refractivity contribution is -0.150. The van der Waals surface area contributed by atoms with Crippen LogP contribution in [0.5, 0.6) is 5.75 Å². The molecular weight excluding hydrogens is 356 g/mol. The fourth-order valence-electron chi connectivity index (χ4n) is 2.46. The Balaban J connectivity index is 1.59. The van der Waals surface area contributed by atoms with E-state index in [2.05, 4.69) is 5.32 Å². The van der Waals surface area contributed by atoms with Gasteiger partial charge in [-0.3, -0.25) is 14.5 Å². The third-order valence-electron chi connectivity index (χ3n) is 3.55. The number of para-hydroxylation sites is 1. The minimum Gasteiger partial charge on any atom is -0.484 e. The molecule has 0 bridgehead atoms. The van der Waals surface area contributed by atoms with E-state index >= 15 is 0 Å². The van der Waals surface area contributed by atoms with Crippen molar-refractivity contribution >= 4 is 41.1 Å². The van der Waals surface area contributed by atoms with Gasteiger partial charge in [-0.2, -0.15) is 0 Å². The number of hydrogen-bond donors (Lipinski definition) is 2. The number of carbonyl (C=O) groups excluding carboxylic acids is 2. The molecule has 2 N–H and O–H groups in total. The average Bonchev–Trinajstić information content (AvgIpc) is 2.58. The second-order valence-electron chi connectivity index (χ2n) is 5.12. The van der Waals surface area contributed by atoms with Crippen LogP contribution in [0.1, 0.15) is 0 Å². The molecule has 2 amide bonds. The molecule has 3 rings (SSSR count). The zero-order valence-electron chi connectivity index (χ0n) is 12.3. The van der Waals surface area contributed by atoms with E-state index in [-0.39, 0.29) is 23.1 Å². The summed E-state index contributed by atoms with van der Waals surface area (Å²) in [5, 5.41) is 11.4. The van der Waals surface area contributed by atoms with Gasteiger partial charge in [-0.25, -0.2) is 4.79 Å². The van der Waals surface area contributed by atoms with Crippen LogP contribution in [0, 0.1) is 0 Å².